The van der Waals surface area contributed by atoms with Gasteiger partial charge >= 0.3 is 12.1 Å². The largest absolute Gasteiger partial charge is 0.481 e. The number of ether oxygens (including phenoxy) is 1. The number of carbonyl (C=O) groups is 3. The second kappa shape index (κ2) is 9.25. The van der Waals surface area contributed by atoms with E-state index in [9.17, 15) is 19.5 Å². The van der Waals surface area contributed by atoms with Crippen LogP contribution in [0.15, 0.2) is 78.9 Å². The summed E-state index contributed by atoms with van der Waals surface area (Å²) in [5, 5.41) is 14.7. The van der Waals surface area contributed by atoms with Crippen molar-refractivity contribution in [1.29, 1.82) is 0 Å². The maximum absolute atomic E-state index is 13.1. The maximum Gasteiger partial charge on any atom is 0.408 e. The molecule has 35 heavy (non-hydrogen) atoms. The van der Waals surface area contributed by atoms with Crippen molar-refractivity contribution in [2.45, 2.75) is 36.8 Å². The number of alkyl carbamates (subject to hydrolysis) is 1. The highest BCUT2D eigenvalue weighted by Gasteiger charge is 2.47. The van der Waals surface area contributed by atoms with E-state index in [1.807, 2.05) is 42.5 Å². The van der Waals surface area contributed by atoms with E-state index in [1.54, 1.807) is 24.3 Å². The van der Waals surface area contributed by atoms with Gasteiger partial charge in [0.25, 0.3) is 0 Å². The lowest BCUT2D eigenvalue weighted by atomic mass is 9.98. The number of carboxylic acids is 1. The fourth-order valence-corrected chi connectivity index (χ4v) is 4.82. The molecule has 2 aliphatic carbocycles. The van der Waals surface area contributed by atoms with Gasteiger partial charge in [-0.15, -0.1) is 0 Å². The number of aliphatic carboxylic acids is 1. The smallest absolute Gasteiger partial charge is 0.408 e. The summed E-state index contributed by atoms with van der Waals surface area (Å²) < 4.78 is 5.63. The number of carbonyl (C=O) groups excluding carboxylic acids is 2. The van der Waals surface area contributed by atoms with Crippen molar-refractivity contribution in [3.8, 4) is 11.1 Å². The summed E-state index contributed by atoms with van der Waals surface area (Å²) in [6.07, 6.45) is 0.333. The zero-order valence-electron chi connectivity index (χ0n) is 19.1. The summed E-state index contributed by atoms with van der Waals surface area (Å²) in [6, 6.07) is 24.0. The highest BCUT2D eigenvalue weighted by molar-refractivity contribution is 5.88. The molecule has 0 unspecified atom stereocenters. The molecule has 3 N–H and O–H groups in total. The van der Waals surface area contributed by atoms with Crippen LogP contribution in [0.2, 0.25) is 0 Å². The third-order valence-electron chi connectivity index (χ3n) is 6.73. The monoisotopic (exact) mass is 470 g/mol. The van der Waals surface area contributed by atoms with Crippen LogP contribution in [-0.4, -0.2) is 35.2 Å². The number of amides is 2. The molecule has 1 atom stereocenters. The molecule has 0 heterocycles. The highest BCUT2D eigenvalue weighted by Crippen LogP contribution is 2.44. The normalized spacial score (nSPS) is 15.9. The molecule has 0 saturated heterocycles. The molecule has 1 fully saturated rings. The lowest BCUT2D eigenvalue weighted by Gasteiger charge is -2.23. The Kier molecular flexibility index (Phi) is 5.99. The predicted molar refractivity (Wildman–Crippen MR) is 130 cm³/mol. The Bertz CT molecular complexity index is 1220. The van der Waals surface area contributed by atoms with Gasteiger partial charge < -0.3 is 20.5 Å². The minimum atomic E-state index is -1.00. The number of hydrogen-bond donors (Lipinski definition) is 3. The van der Waals surface area contributed by atoms with E-state index in [0.717, 1.165) is 22.3 Å². The average Bonchev–Trinajstić information content (AvgIpc) is 3.52. The van der Waals surface area contributed by atoms with Gasteiger partial charge in [0.05, 0.1) is 12.0 Å². The van der Waals surface area contributed by atoms with E-state index < -0.39 is 29.6 Å². The minimum Gasteiger partial charge on any atom is -0.481 e. The summed E-state index contributed by atoms with van der Waals surface area (Å²) in [5.41, 5.74) is 4.30. The molecular formula is C28H26N2O5. The molecule has 3 aromatic carbocycles. The molecule has 178 valence electrons. The topological polar surface area (TPSA) is 105 Å². The van der Waals surface area contributed by atoms with Crippen LogP contribution in [0.25, 0.3) is 11.1 Å². The average molecular weight is 471 g/mol. The molecule has 7 nitrogen and oxygen atoms in total. The molecule has 0 radical (unpaired) electrons. The Balaban J connectivity index is 1.30. The van der Waals surface area contributed by atoms with Gasteiger partial charge in [-0.2, -0.15) is 0 Å². The molecule has 0 aliphatic heterocycles. The highest BCUT2D eigenvalue weighted by atomic mass is 16.5. The van der Waals surface area contributed by atoms with Gasteiger partial charge in [-0.3, -0.25) is 9.59 Å². The summed E-state index contributed by atoms with van der Waals surface area (Å²) in [5.74, 6) is -1.52. The molecule has 7 heteroatoms. The number of hydrogen-bond acceptors (Lipinski definition) is 4. The molecule has 2 amide bonds. The number of rotatable bonds is 8. The lowest BCUT2D eigenvalue weighted by molar-refractivity contribution is -0.138. The van der Waals surface area contributed by atoms with Crippen LogP contribution in [0.3, 0.4) is 0 Å². The van der Waals surface area contributed by atoms with Crippen LogP contribution < -0.4 is 10.6 Å². The third kappa shape index (κ3) is 4.75. The Morgan fingerprint density at radius 3 is 2.03 bits per heavy atom. The van der Waals surface area contributed by atoms with E-state index in [0.29, 0.717) is 18.4 Å². The molecule has 1 saturated carbocycles. The van der Waals surface area contributed by atoms with E-state index in [1.165, 1.54) is 0 Å². The summed E-state index contributed by atoms with van der Waals surface area (Å²) in [6.45, 7) is 0.131. The summed E-state index contributed by atoms with van der Waals surface area (Å²) in [4.78, 5) is 37.2. The standard InChI is InChI=1S/C28H26N2O5/c31-24(32)16-28(14-15-28)30-26(33)25(18-8-2-1-3-9-18)29-27(34)35-17-23-21-12-6-4-10-19(21)20-11-5-7-13-22(20)23/h1-13,23,25H,14-17H2,(H,29,34)(H,30,33)(H,31,32)/t25-/m0/s1. The van der Waals surface area contributed by atoms with Gasteiger partial charge in [-0.1, -0.05) is 78.9 Å². The number of nitrogens with one attached hydrogen (secondary N) is 2. The molecule has 0 spiro atoms. The molecule has 3 aromatic rings. The first-order valence-corrected chi connectivity index (χ1v) is 11.7. The van der Waals surface area contributed by atoms with Crippen molar-refractivity contribution in [3.05, 3.63) is 95.6 Å². The molecule has 2 aliphatic rings. The van der Waals surface area contributed by atoms with Crippen LogP contribution >= 0.6 is 0 Å². The van der Waals surface area contributed by atoms with Crippen molar-refractivity contribution < 1.29 is 24.2 Å². The van der Waals surface area contributed by atoms with Crippen molar-refractivity contribution >= 4 is 18.0 Å². The van der Waals surface area contributed by atoms with E-state index in [4.69, 9.17) is 4.74 Å². The van der Waals surface area contributed by atoms with E-state index in [2.05, 4.69) is 22.8 Å². The molecular weight excluding hydrogens is 444 g/mol. The van der Waals surface area contributed by atoms with Crippen molar-refractivity contribution in [1.82, 2.24) is 10.6 Å². The first-order chi connectivity index (χ1) is 17.0. The van der Waals surface area contributed by atoms with E-state index >= 15 is 0 Å². The van der Waals surface area contributed by atoms with Gasteiger partial charge in [0.2, 0.25) is 5.91 Å². The second-order valence-electron chi connectivity index (χ2n) is 9.15. The first-order valence-electron chi connectivity index (χ1n) is 11.7. The van der Waals surface area contributed by atoms with Crippen LogP contribution in [0.5, 0.6) is 0 Å². The van der Waals surface area contributed by atoms with Gasteiger partial charge in [-0.05, 0) is 40.7 Å². The fraction of sp³-hybridized carbons (Fsp3) is 0.250. The SMILES string of the molecule is O=C(O)CC1(NC(=O)[C@@H](NC(=O)OCC2c3ccccc3-c3ccccc32)c2ccccc2)CC1. The van der Waals surface area contributed by atoms with Gasteiger partial charge in [0, 0.05) is 5.92 Å². The van der Waals surface area contributed by atoms with Gasteiger partial charge in [0.1, 0.15) is 12.6 Å². The lowest BCUT2D eigenvalue weighted by Crippen LogP contribution is -2.46. The Morgan fingerprint density at radius 2 is 1.46 bits per heavy atom. The number of benzene rings is 3. The Hall–Kier alpha value is -4.13. The summed E-state index contributed by atoms with van der Waals surface area (Å²) >= 11 is 0. The maximum atomic E-state index is 13.1. The quantitative estimate of drug-likeness (QED) is 0.453. The van der Waals surface area contributed by atoms with Crippen LogP contribution in [0.1, 0.15) is 47.9 Å². The van der Waals surface area contributed by atoms with Crippen LogP contribution in [0, 0.1) is 0 Å². The van der Waals surface area contributed by atoms with Crippen molar-refractivity contribution in [2.24, 2.45) is 0 Å². The van der Waals surface area contributed by atoms with Crippen LogP contribution in [-0.2, 0) is 14.3 Å². The number of fused-ring (bicyclic) bond motifs is 3. The van der Waals surface area contributed by atoms with E-state index in [-0.39, 0.29) is 18.9 Å². The molecule has 0 bridgehead atoms. The number of carboxylic acid groups (broad SMARTS) is 1. The minimum absolute atomic E-state index is 0.0950. The molecule has 0 aromatic heterocycles. The zero-order valence-corrected chi connectivity index (χ0v) is 19.1. The summed E-state index contributed by atoms with van der Waals surface area (Å²) in [7, 11) is 0. The van der Waals surface area contributed by atoms with Crippen molar-refractivity contribution in [3.63, 3.8) is 0 Å². The zero-order chi connectivity index (χ0) is 24.4. The van der Waals surface area contributed by atoms with Gasteiger partial charge in [0.15, 0.2) is 0 Å². The Morgan fingerprint density at radius 1 is 0.886 bits per heavy atom. The first kappa shape index (κ1) is 22.7. The second-order valence-corrected chi connectivity index (χ2v) is 9.15. The van der Waals surface area contributed by atoms with Crippen molar-refractivity contribution in [2.75, 3.05) is 6.61 Å². The fourth-order valence-electron chi connectivity index (χ4n) is 4.82. The predicted octanol–water partition coefficient (Wildman–Crippen LogP) is 4.39. The van der Waals surface area contributed by atoms with Gasteiger partial charge in [-0.25, -0.2) is 4.79 Å². The van der Waals surface area contributed by atoms with Crippen LogP contribution in [0.4, 0.5) is 4.79 Å². The Labute approximate surface area is 203 Å². The molecule has 5 rings (SSSR count). The third-order valence-corrected chi connectivity index (χ3v) is 6.73.